The molecule has 2 amide bonds. The summed E-state index contributed by atoms with van der Waals surface area (Å²) in [6.07, 6.45) is 0.408. The molecule has 68 valence electrons. The predicted octanol–water partition coefficient (Wildman–Crippen LogP) is -1.63. The number of hydrogen-bond acceptors (Lipinski definition) is 4. The summed E-state index contributed by atoms with van der Waals surface area (Å²) >= 11 is 0. The molecule has 0 rings (SSSR count). The maximum absolute atomic E-state index is 10.7. The van der Waals surface area contributed by atoms with Crippen molar-refractivity contribution in [2.24, 2.45) is 0 Å². The monoisotopic (exact) mass is 174 g/mol. The zero-order chi connectivity index (χ0) is 9.40. The number of ether oxygens (including phenoxy) is 1. The fourth-order valence-electron chi connectivity index (χ4n) is 0.415. The lowest BCUT2D eigenvalue weighted by Gasteiger charge is -2.03. The van der Waals surface area contributed by atoms with Crippen molar-refractivity contribution in [1.82, 2.24) is 10.6 Å². The molecule has 0 fully saturated rings. The lowest BCUT2D eigenvalue weighted by molar-refractivity contribution is -0.142. The molecule has 0 saturated carbocycles. The van der Waals surface area contributed by atoms with Crippen LogP contribution in [0.15, 0.2) is 0 Å². The van der Waals surface area contributed by atoms with E-state index >= 15 is 0 Å². The van der Waals surface area contributed by atoms with Gasteiger partial charge in [-0.3, -0.25) is 14.4 Å². The van der Waals surface area contributed by atoms with Gasteiger partial charge in [0.2, 0.25) is 12.3 Å². The third-order valence-electron chi connectivity index (χ3n) is 0.891. The molecule has 0 unspecified atom stereocenters. The van der Waals surface area contributed by atoms with E-state index in [0.717, 1.165) is 0 Å². The molecule has 0 spiro atoms. The van der Waals surface area contributed by atoms with Crippen molar-refractivity contribution in [2.45, 2.75) is 6.92 Å². The fraction of sp³-hybridized carbons (Fsp3) is 0.500. The highest BCUT2D eigenvalue weighted by Crippen LogP contribution is 1.71. The first kappa shape index (κ1) is 10.4. The first-order valence-corrected chi connectivity index (χ1v) is 3.24. The Bertz CT molecular complexity index is 180. The van der Waals surface area contributed by atoms with Gasteiger partial charge in [0.15, 0.2) is 6.73 Å². The van der Waals surface area contributed by atoms with E-state index in [0.29, 0.717) is 6.41 Å². The van der Waals surface area contributed by atoms with Crippen molar-refractivity contribution in [1.29, 1.82) is 0 Å². The molecule has 2 N–H and O–H groups in total. The van der Waals surface area contributed by atoms with Gasteiger partial charge in [-0.1, -0.05) is 0 Å². The smallest absolute Gasteiger partial charge is 0.304 e. The van der Waals surface area contributed by atoms with Crippen LogP contribution in [0.25, 0.3) is 0 Å². The molecule has 0 aromatic heterocycles. The van der Waals surface area contributed by atoms with Crippen molar-refractivity contribution >= 4 is 18.3 Å². The van der Waals surface area contributed by atoms with E-state index in [9.17, 15) is 14.4 Å². The van der Waals surface area contributed by atoms with Gasteiger partial charge in [0.25, 0.3) is 0 Å². The van der Waals surface area contributed by atoms with E-state index in [4.69, 9.17) is 0 Å². The van der Waals surface area contributed by atoms with Crippen LogP contribution in [0, 0.1) is 0 Å². The Kier molecular flexibility index (Phi) is 5.33. The molecule has 0 atom stereocenters. The highest BCUT2D eigenvalue weighted by Gasteiger charge is 1.98. The topological polar surface area (TPSA) is 84.5 Å². The van der Waals surface area contributed by atoms with Crippen molar-refractivity contribution < 1.29 is 19.1 Å². The largest absolute Gasteiger partial charge is 0.445 e. The van der Waals surface area contributed by atoms with E-state index in [2.05, 4.69) is 15.4 Å². The first-order valence-electron chi connectivity index (χ1n) is 3.24. The highest BCUT2D eigenvalue weighted by atomic mass is 16.5. The quantitative estimate of drug-likeness (QED) is 0.298. The average molecular weight is 174 g/mol. The lowest BCUT2D eigenvalue weighted by Crippen LogP contribution is -2.35. The Morgan fingerprint density at radius 3 is 2.67 bits per heavy atom. The summed E-state index contributed by atoms with van der Waals surface area (Å²) in [5.41, 5.74) is 0. The Hall–Kier alpha value is -1.59. The molecule has 0 aliphatic rings. The standard InChI is InChI=1S/C6H10N2O4/c1-5(10)12-4-8-6(11)2-7-3-9/h3H,2,4H2,1H3,(H,7,9)(H,8,11). The second kappa shape index (κ2) is 6.14. The van der Waals surface area contributed by atoms with Gasteiger partial charge in [-0.25, -0.2) is 0 Å². The summed E-state index contributed by atoms with van der Waals surface area (Å²) in [4.78, 5) is 30.6. The molecule has 6 nitrogen and oxygen atoms in total. The fourth-order valence-corrected chi connectivity index (χ4v) is 0.415. The molecule has 12 heavy (non-hydrogen) atoms. The number of esters is 1. The van der Waals surface area contributed by atoms with E-state index < -0.39 is 11.9 Å². The number of amides is 2. The summed E-state index contributed by atoms with van der Waals surface area (Å²) in [5, 5.41) is 4.40. The van der Waals surface area contributed by atoms with Gasteiger partial charge in [-0.2, -0.15) is 0 Å². The zero-order valence-corrected chi connectivity index (χ0v) is 6.62. The van der Waals surface area contributed by atoms with Gasteiger partial charge in [-0.15, -0.1) is 0 Å². The van der Waals surface area contributed by atoms with Crippen LogP contribution in [0.1, 0.15) is 6.92 Å². The molecule has 0 aliphatic carbocycles. The zero-order valence-electron chi connectivity index (χ0n) is 6.62. The second-order valence-electron chi connectivity index (χ2n) is 1.88. The van der Waals surface area contributed by atoms with Crippen LogP contribution < -0.4 is 10.6 Å². The number of hydrogen-bond donors (Lipinski definition) is 2. The van der Waals surface area contributed by atoms with Crippen molar-refractivity contribution in [3.8, 4) is 0 Å². The van der Waals surface area contributed by atoms with Crippen LogP contribution in [0.5, 0.6) is 0 Å². The van der Waals surface area contributed by atoms with Crippen LogP contribution in [-0.4, -0.2) is 31.6 Å². The molecule has 0 aromatic carbocycles. The minimum atomic E-state index is -0.473. The number of carbonyl (C=O) groups is 3. The minimum absolute atomic E-state index is 0.120. The van der Waals surface area contributed by atoms with E-state index in [1.54, 1.807) is 0 Å². The van der Waals surface area contributed by atoms with E-state index in [1.807, 2.05) is 0 Å². The van der Waals surface area contributed by atoms with E-state index in [-0.39, 0.29) is 13.3 Å². The molecule has 0 radical (unpaired) electrons. The van der Waals surface area contributed by atoms with Gasteiger partial charge in [-0.05, 0) is 0 Å². The van der Waals surface area contributed by atoms with Gasteiger partial charge >= 0.3 is 5.97 Å². The van der Waals surface area contributed by atoms with Crippen LogP contribution in [-0.2, 0) is 19.1 Å². The molecular weight excluding hydrogens is 164 g/mol. The second-order valence-corrected chi connectivity index (χ2v) is 1.88. The van der Waals surface area contributed by atoms with Crippen LogP contribution >= 0.6 is 0 Å². The maximum atomic E-state index is 10.7. The van der Waals surface area contributed by atoms with Crippen molar-refractivity contribution in [3.05, 3.63) is 0 Å². The summed E-state index contributed by atoms with van der Waals surface area (Å²) in [6.45, 7) is 0.940. The maximum Gasteiger partial charge on any atom is 0.304 e. The lowest BCUT2D eigenvalue weighted by atomic mass is 10.6. The molecule has 0 aromatic rings. The third-order valence-corrected chi connectivity index (χ3v) is 0.891. The predicted molar refractivity (Wildman–Crippen MR) is 38.8 cm³/mol. The SMILES string of the molecule is CC(=O)OCNC(=O)CNC=O. The minimum Gasteiger partial charge on any atom is -0.445 e. The van der Waals surface area contributed by atoms with Gasteiger partial charge in [0.1, 0.15) is 0 Å². The normalized spacial score (nSPS) is 8.42. The molecule has 0 bridgehead atoms. The Labute approximate surface area is 69.3 Å². The molecule has 0 heterocycles. The molecule has 6 heteroatoms. The van der Waals surface area contributed by atoms with Crippen LogP contribution in [0.3, 0.4) is 0 Å². The van der Waals surface area contributed by atoms with Crippen molar-refractivity contribution in [2.75, 3.05) is 13.3 Å². The summed E-state index contributed by atoms with van der Waals surface area (Å²) in [6, 6.07) is 0. The van der Waals surface area contributed by atoms with Crippen LogP contribution in [0.4, 0.5) is 0 Å². The van der Waals surface area contributed by atoms with Gasteiger partial charge in [0.05, 0.1) is 6.54 Å². The average Bonchev–Trinajstić information content (AvgIpc) is 2.00. The Balaban J connectivity index is 3.31. The number of carbonyl (C=O) groups excluding carboxylic acids is 3. The van der Waals surface area contributed by atoms with Crippen LogP contribution in [0.2, 0.25) is 0 Å². The third kappa shape index (κ3) is 6.53. The van der Waals surface area contributed by atoms with E-state index in [1.165, 1.54) is 6.92 Å². The van der Waals surface area contributed by atoms with Gasteiger partial charge in [0, 0.05) is 6.92 Å². The Morgan fingerprint density at radius 1 is 1.50 bits per heavy atom. The summed E-state index contributed by atoms with van der Waals surface area (Å²) in [5.74, 6) is -0.887. The van der Waals surface area contributed by atoms with Gasteiger partial charge < -0.3 is 15.4 Å². The molecular formula is C6H10N2O4. The molecule has 0 saturated heterocycles. The molecule has 0 aliphatic heterocycles. The summed E-state index contributed by atoms with van der Waals surface area (Å²) in [7, 11) is 0. The highest BCUT2D eigenvalue weighted by molar-refractivity contribution is 5.79. The Morgan fingerprint density at radius 2 is 2.17 bits per heavy atom. The number of rotatable bonds is 5. The summed E-state index contributed by atoms with van der Waals surface area (Å²) < 4.78 is 4.41. The van der Waals surface area contributed by atoms with Crippen molar-refractivity contribution in [3.63, 3.8) is 0 Å². The number of nitrogens with one attached hydrogen (secondary N) is 2. The first-order chi connectivity index (χ1) is 5.66.